The number of benzene rings is 1. The van der Waals surface area contributed by atoms with Crippen LogP contribution in [0.4, 0.5) is 13.2 Å². The fourth-order valence-electron chi connectivity index (χ4n) is 2.87. The molecular weight excluding hydrogens is 375 g/mol. The molecule has 7 nitrogen and oxygen atoms in total. The highest BCUT2D eigenvalue weighted by Crippen LogP contribution is 2.26. The number of aromatic nitrogens is 5. The van der Waals surface area contributed by atoms with E-state index in [1.807, 2.05) is 0 Å². The third kappa shape index (κ3) is 3.61. The second-order valence-electron chi connectivity index (χ2n) is 6.18. The SMILES string of the molecule is Cn1cc(Cn2nc3ccc(-c4ccc(OC(F)(F)F)cc4)cn3c2=O)cn1. The van der Waals surface area contributed by atoms with Gasteiger partial charge in [0.15, 0.2) is 5.65 Å². The Morgan fingerprint density at radius 2 is 1.75 bits per heavy atom. The van der Waals surface area contributed by atoms with Crippen LogP contribution in [-0.4, -0.2) is 30.3 Å². The third-order valence-electron chi connectivity index (χ3n) is 4.09. The summed E-state index contributed by atoms with van der Waals surface area (Å²) in [4.78, 5) is 12.6. The van der Waals surface area contributed by atoms with Crippen molar-refractivity contribution in [1.29, 1.82) is 0 Å². The average molecular weight is 389 g/mol. The lowest BCUT2D eigenvalue weighted by Crippen LogP contribution is -2.21. The first-order chi connectivity index (χ1) is 13.3. The Morgan fingerprint density at radius 1 is 1.04 bits per heavy atom. The summed E-state index contributed by atoms with van der Waals surface area (Å²) in [6.45, 7) is 0.285. The van der Waals surface area contributed by atoms with Gasteiger partial charge in [-0.2, -0.15) is 5.10 Å². The molecule has 0 radical (unpaired) electrons. The molecule has 0 aliphatic rings. The van der Waals surface area contributed by atoms with Crippen molar-refractivity contribution < 1.29 is 17.9 Å². The van der Waals surface area contributed by atoms with Crippen molar-refractivity contribution in [3.05, 3.63) is 71.0 Å². The van der Waals surface area contributed by atoms with E-state index in [1.54, 1.807) is 42.5 Å². The number of pyridine rings is 1. The van der Waals surface area contributed by atoms with Gasteiger partial charge in [0.2, 0.25) is 0 Å². The number of aryl methyl sites for hydroxylation is 1. The summed E-state index contributed by atoms with van der Waals surface area (Å²) < 4.78 is 45.0. The number of ether oxygens (including phenoxy) is 1. The van der Waals surface area contributed by atoms with Crippen LogP contribution in [0.15, 0.2) is 59.8 Å². The van der Waals surface area contributed by atoms with Gasteiger partial charge in [0.05, 0.1) is 12.7 Å². The van der Waals surface area contributed by atoms with Crippen LogP contribution in [0, 0.1) is 0 Å². The van der Waals surface area contributed by atoms with Crippen LogP contribution in [0.25, 0.3) is 16.8 Å². The Balaban J connectivity index is 1.64. The standard InChI is InChI=1S/C18H14F3N5O2/c1-24-9-12(8-22-24)10-26-17(27)25-11-14(4-7-16(25)23-26)13-2-5-15(6-3-13)28-18(19,20)21/h2-9,11H,10H2,1H3. The monoisotopic (exact) mass is 389 g/mol. The number of alkyl halides is 3. The number of rotatable bonds is 4. The molecule has 0 saturated carbocycles. The van der Waals surface area contributed by atoms with Gasteiger partial charge >= 0.3 is 12.1 Å². The smallest absolute Gasteiger partial charge is 0.406 e. The summed E-state index contributed by atoms with van der Waals surface area (Å²) in [6, 6.07) is 8.86. The van der Waals surface area contributed by atoms with E-state index < -0.39 is 6.36 Å². The van der Waals surface area contributed by atoms with Crippen molar-refractivity contribution in [1.82, 2.24) is 24.0 Å². The minimum atomic E-state index is -4.74. The predicted octanol–water partition coefficient (Wildman–Crippen LogP) is 2.84. The molecule has 10 heteroatoms. The Labute approximate surface area is 156 Å². The van der Waals surface area contributed by atoms with Gasteiger partial charge in [-0.25, -0.2) is 13.9 Å². The molecule has 0 atom stereocenters. The van der Waals surface area contributed by atoms with Crippen LogP contribution in [0.5, 0.6) is 5.75 Å². The molecule has 4 rings (SSSR count). The normalized spacial score (nSPS) is 11.9. The second-order valence-corrected chi connectivity index (χ2v) is 6.18. The van der Waals surface area contributed by atoms with Gasteiger partial charge in [0.25, 0.3) is 0 Å². The van der Waals surface area contributed by atoms with Gasteiger partial charge in [0, 0.05) is 25.0 Å². The summed E-state index contributed by atoms with van der Waals surface area (Å²) in [5.74, 6) is -0.307. The zero-order valence-corrected chi connectivity index (χ0v) is 14.6. The summed E-state index contributed by atoms with van der Waals surface area (Å²) in [6.07, 6.45) is 0.319. The molecule has 28 heavy (non-hydrogen) atoms. The maximum absolute atomic E-state index is 12.6. The molecule has 0 N–H and O–H groups in total. The van der Waals surface area contributed by atoms with Crippen molar-refractivity contribution in [2.45, 2.75) is 12.9 Å². The zero-order valence-electron chi connectivity index (χ0n) is 14.6. The average Bonchev–Trinajstić information content (AvgIpc) is 3.18. The topological polar surface area (TPSA) is 66.3 Å². The number of hydrogen-bond donors (Lipinski definition) is 0. The molecule has 0 aliphatic heterocycles. The number of halogens is 3. The molecule has 0 amide bonds. The molecule has 4 aromatic rings. The van der Waals surface area contributed by atoms with E-state index in [9.17, 15) is 18.0 Å². The minimum Gasteiger partial charge on any atom is -0.406 e. The van der Waals surface area contributed by atoms with E-state index in [4.69, 9.17) is 0 Å². The molecule has 0 spiro atoms. The maximum atomic E-state index is 12.6. The van der Waals surface area contributed by atoms with E-state index >= 15 is 0 Å². The van der Waals surface area contributed by atoms with Crippen LogP contribution in [0.3, 0.4) is 0 Å². The van der Waals surface area contributed by atoms with E-state index in [-0.39, 0.29) is 18.0 Å². The molecule has 1 aromatic carbocycles. The van der Waals surface area contributed by atoms with Crippen molar-refractivity contribution in [3.63, 3.8) is 0 Å². The zero-order chi connectivity index (χ0) is 19.9. The van der Waals surface area contributed by atoms with Gasteiger partial charge in [0.1, 0.15) is 5.75 Å². The molecule has 0 unspecified atom stereocenters. The van der Waals surface area contributed by atoms with Gasteiger partial charge in [-0.3, -0.25) is 4.68 Å². The third-order valence-corrected chi connectivity index (χ3v) is 4.09. The van der Waals surface area contributed by atoms with Crippen LogP contribution in [0.2, 0.25) is 0 Å². The van der Waals surface area contributed by atoms with E-state index in [0.717, 1.165) is 5.56 Å². The molecule has 0 saturated heterocycles. The Bertz CT molecular complexity index is 1190. The minimum absolute atomic E-state index is 0.285. The molecule has 0 fully saturated rings. The first-order valence-corrected chi connectivity index (χ1v) is 8.21. The predicted molar refractivity (Wildman–Crippen MR) is 93.9 cm³/mol. The Hall–Kier alpha value is -3.56. The quantitative estimate of drug-likeness (QED) is 0.538. The summed E-state index contributed by atoms with van der Waals surface area (Å²) >= 11 is 0. The van der Waals surface area contributed by atoms with Crippen molar-refractivity contribution in [2.75, 3.05) is 0 Å². The molecule has 0 bridgehead atoms. The summed E-state index contributed by atoms with van der Waals surface area (Å²) in [7, 11) is 1.78. The lowest BCUT2D eigenvalue weighted by molar-refractivity contribution is -0.274. The fourth-order valence-corrected chi connectivity index (χ4v) is 2.87. The largest absolute Gasteiger partial charge is 0.573 e. The first-order valence-electron chi connectivity index (χ1n) is 8.21. The number of fused-ring (bicyclic) bond motifs is 1. The highest BCUT2D eigenvalue weighted by atomic mass is 19.4. The van der Waals surface area contributed by atoms with Gasteiger partial charge in [-0.05, 0) is 35.4 Å². The van der Waals surface area contributed by atoms with Gasteiger partial charge < -0.3 is 4.74 Å². The van der Waals surface area contributed by atoms with Crippen LogP contribution >= 0.6 is 0 Å². The lowest BCUT2D eigenvalue weighted by atomic mass is 10.1. The maximum Gasteiger partial charge on any atom is 0.573 e. The Kier molecular flexibility index (Phi) is 4.17. The molecule has 0 aliphatic carbocycles. The van der Waals surface area contributed by atoms with Crippen molar-refractivity contribution in [2.24, 2.45) is 7.05 Å². The molecule has 3 aromatic heterocycles. The summed E-state index contributed by atoms with van der Waals surface area (Å²) in [5, 5.41) is 8.36. The van der Waals surface area contributed by atoms with Crippen molar-refractivity contribution >= 4 is 5.65 Å². The highest BCUT2D eigenvalue weighted by molar-refractivity contribution is 5.65. The fraction of sp³-hybridized carbons (Fsp3) is 0.167. The van der Waals surface area contributed by atoms with Crippen molar-refractivity contribution in [3.8, 4) is 16.9 Å². The van der Waals surface area contributed by atoms with Crippen LogP contribution < -0.4 is 10.4 Å². The molecule has 144 valence electrons. The lowest BCUT2D eigenvalue weighted by Gasteiger charge is -2.09. The molecular formula is C18H14F3N5O2. The first kappa shape index (κ1) is 17.8. The van der Waals surface area contributed by atoms with Crippen LogP contribution in [0.1, 0.15) is 5.56 Å². The molecule has 3 heterocycles. The van der Waals surface area contributed by atoms with Crippen LogP contribution in [-0.2, 0) is 13.6 Å². The second kappa shape index (κ2) is 6.55. The Morgan fingerprint density at radius 3 is 2.39 bits per heavy atom. The summed E-state index contributed by atoms with van der Waals surface area (Å²) in [5.41, 5.74) is 2.29. The van der Waals surface area contributed by atoms with E-state index in [2.05, 4.69) is 14.9 Å². The number of nitrogens with zero attached hydrogens (tertiary/aromatic N) is 5. The van der Waals surface area contributed by atoms with E-state index in [1.165, 1.54) is 33.3 Å². The highest BCUT2D eigenvalue weighted by Gasteiger charge is 2.30. The van der Waals surface area contributed by atoms with E-state index in [0.29, 0.717) is 16.8 Å². The van der Waals surface area contributed by atoms with Gasteiger partial charge in [-0.1, -0.05) is 12.1 Å². The van der Waals surface area contributed by atoms with Gasteiger partial charge in [-0.15, -0.1) is 18.3 Å². The number of hydrogen-bond acceptors (Lipinski definition) is 4.